The number of likely N-dealkylation sites (N-methyl/N-ethyl adjacent to an activating group) is 1. The monoisotopic (exact) mass is 236 g/mol. The molecular weight excluding hydrogens is 216 g/mol. The van der Waals surface area contributed by atoms with Crippen LogP contribution in [0.1, 0.15) is 30.1 Å². The zero-order valence-electron chi connectivity index (χ0n) is 10.7. The summed E-state index contributed by atoms with van der Waals surface area (Å²) in [6, 6.07) is 0.369. The van der Waals surface area contributed by atoms with Gasteiger partial charge in [0.1, 0.15) is 6.33 Å². The van der Waals surface area contributed by atoms with Gasteiger partial charge in [-0.25, -0.2) is 9.97 Å². The second-order valence-electron chi connectivity index (χ2n) is 4.24. The van der Waals surface area contributed by atoms with Crippen LogP contribution in [0, 0.1) is 0 Å². The molecule has 0 bridgehead atoms. The van der Waals surface area contributed by atoms with E-state index in [1.54, 1.807) is 0 Å². The van der Waals surface area contributed by atoms with E-state index in [1.807, 2.05) is 14.1 Å². The molecule has 0 saturated heterocycles. The quantitative estimate of drug-likeness (QED) is 0.798. The fraction of sp³-hybridized carbons (Fsp3) is 0.583. The van der Waals surface area contributed by atoms with Crippen molar-refractivity contribution in [1.82, 2.24) is 20.2 Å². The first-order valence-electron chi connectivity index (χ1n) is 5.84. The molecule has 5 heteroatoms. The van der Waals surface area contributed by atoms with Crippen LogP contribution in [0.2, 0.25) is 0 Å². The van der Waals surface area contributed by atoms with E-state index in [1.165, 1.54) is 18.7 Å². The molecule has 0 aliphatic rings. The van der Waals surface area contributed by atoms with E-state index in [-0.39, 0.29) is 5.91 Å². The molecule has 17 heavy (non-hydrogen) atoms. The van der Waals surface area contributed by atoms with Crippen molar-refractivity contribution in [3.8, 4) is 0 Å². The van der Waals surface area contributed by atoms with Crippen molar-refractivity contribution in [1.29, 1.82) is 0 Å². The fourth-order valence-corrected chi connectivity index (χ4v) is 1.60. The summed E-state index contributed by atoms with van der Waals surface area (Å²) >= 11 is 0. The lowest BCUT2D eigenvalue weighted by molar-refractivity contribution is 0.0939. The van der Waals surface area contributed by atoms with Gasteiger partial charge in [-0.2, -0.15) is 0 Å². The Morgan fingerprint density at radius 3 is 2.59 bits per heavy atom. The Labute approximate surface area is 102 Å². The first-order valence-corrected chi connectivity index (χ1v) is 5.84. The van der Waals surface area contributed by atoms with E-state index in [2.05, 4.69) is 27.1 Å². The third-order valence-electron chi connectivity index (χ3n) is 2.67. The van der Waals surface area contributed by atoms with Crippen LogP contribution < -0.4 is 5.32 Å². The maximum Gasteiger partial charge on any atom is 0.254 e. The lowest BCUT2D eigenvalue weighted by atomic mass is 10.1. The third kappa shape index (κ3) is 4.48. The first kappa shape index (κ1) is 13.6. The number of hydrogen-bond acceptors (Lipinski definition) is 4. The molecule has 1 rings (SSSR count). The first-order chi connectivity index (χ1) is 8.15. The minimum atomic E-state index is -0.117. The number of carbonyl (C=O) groups is 1. The minimum Gasteiger partial charge on any atom is -0.350 e. The van der Waals surface area contributed by atoms with Crippen molar-refractivity contribution in [2.45, 2.75) is 25.8 Å². The fourth-order valence-electron chi connectivity index (χ4n) is 1.60. The van der Waals surface area contributed by atoms with Crippen LogP contribution in [0.15, 0.2) is 18.7 Å². The van der Waals surface area contributed by atoms with Crippen LogP contribution in [0.5, 0.6) is 0 Å². The maximum absolute atomic E-state index is 11.8. The van der Waals surface area contributed by atoms with Crippen molar-refractivity contribution >= 4 is 5.91 Å². The highest BCUT2D eigenvalue weighted by Crippen LogP contribution is 2.02. The molecule has 94 valence electrons. The van der Waals surface area contributed by atoms with Crippen LogP contribution >= 0.6 is 0 Å². The summed E-state index contributed by atoms with van der Waals surface area (Å²) in [5, 5.41) is 2.90. The molecule has 1 heterocycles. The number of rotatable bonds is 6. The van der Waals surface area contributed by atoms with Gasteiger partial charge in [0, 0.05) is 25.0 Å². The van der Waals surface area contributed by atoms with Crippen LogP contribution in [0.3, 0.4) is 0 Å². The lowest BCUT2D eigenvalue weighted by Gasteiger charge is -2.24. The Bertz CT molecular complexity index is 340. The molecule has 0 aliphatic carbocycles. The summed E-state index contributed by atoms with van der Waals surface area (Å²) in [5.41, 5.74) is 0.501. The van der Waals surface area contributed by atoms with Crippen LogP contribution in [-0.4, -0.2) is 47.5 Å². The molecule has 5 nitrogen and oxygen atoms in total. The zero-order chi connectivity index (χ0) is 12.7. The van der Waals surface area contributed by atoms with Gasteiger partial charge in [-0.05, 0) is 20.5 Å². The lowest BCUT2D eigenvalue weighted by Crippen LogP contribution is -2.40. The largest absolute Gasteiger partial charge is 0.350 e. The standard InChI is InChI=1S/C12H20N4O/c1-4-5-11(16(2)3)8-15-12(17)10-6-13-9-14-7-10/h6-7,9,11H,4-5,8H2,1-3H3,(H,15,17)/t11-/m0/s1. The average molecular weight is 236 g/mol. The zero-order valence-corrected chi connectivity index (χ0v) is 10.7. The van der Waals surface area contributed by atoms with Crippen LogP contribution in [-0.2, 0) is 0 Å². The molecule has 1 aromatic rings. The molecule has 0 aliphatic heterocycles. The summed E-state index contributed by atoms with van der Waals surface area (Å²) in [7, 11) is 4.05. The Morgan fingerprint density at radius 1 is 1.41 bits per heavy atom. The summed E-state index contributed by atoms with van der Waals surface area (Å²) in [6.45, 7) is 2.79. The van der Waals surface area contributed by atoms with E-state index in [0.717, 1.165) is 12.8 Å². The highest BCUT2D eigenvalue weighted by Gasteiger charge is 2.12. The van der Waals surface area contributed by atoms with Gasteiger partial charge < -0.3 is 10.2 Å². The van der Waals surface area contributed by atoms with Crippen LogP contribution in [0.4, 0.5) is 0 Å². The molecule has 0 spiro atoms. The molecule has 1 aromatic heterocycles. The molecule has 1 amide bonds. The molecule has 1 atom stereocenters. The number of amides is 1. The Morgan fingerprint density at radius 2 is 2.06 bits per heavy atom. The number of carbonyl (C=O) groups excluding carboxylic acids is 1. The van der Waals surface area contributed by atoms with Crippen molar-refractivity contribution in [3.63, 3.8) is 0 Å². The Hall–Kier alpha value is -1.49. The number of hydrogen-bond donors (Lipinski definition) is 1. The second-order valence-corrected chi connectivity index (χ2v) is 4.24. The number of nitrogens with one attached hydrogen (secondary N) is 1. The van der Waals surface area contributed by atoms with E-state index in [9.17, 15) is 4.79 Å². The predicted molar refractivity (Wildman–Crippen MR) is 66.7 cm³/mol. The maximum atomic E-state index is 11.8. The molecule has 0 radical (unpaired) electrons. The summed E-state index contributed by atoms with van der Waals surface area (Å²) < 4.78 is 0. The van der Waals surface area contributed by atoms with Crippen LogP contribution in [0.25, 0.3) is 0 Å². The van der Waals surface area contributed by atoms with Crippen molar-refractivity contribution < 1.29 is 4.79 Å². The molecule has 0 aromatic carbocycles. The van der Waals surface area contributed by atoms with Crippen molar-refractivity contribution in [2.75, 3.05) is 20.6 Å². The third-order valence-corrected chi connectivity index (χ3v) is 2.67. The molecule has 1 N–H and O–H groups in total. The van der Waals surface area contributed by atoms with Gasteiger partial charge in [-0.1, -0.05) is 13.3 Å². The predicted octanol–water partition coefficient (Wildman–Crippen LogP) is 0.937. The van der Waals surface area contributed by atoms with Gasteiger partial charge in [0.15, 0.2) is 0 Å². The number of nitrogens with zero attached hydrogens (tertiary/aromatic N) is 3. The molecular formula is C12H20N4O. The molecule has 0 unspecified atom stereocenters. The average Bonchev–Trinajstić information content (AvgIpc) is 2.34. The molecule has 0 fully saturated rings. The topological polar surface area (TPSA) is 58.1 Å². The molecule has 0 saturated carbocycles. The van der Waals surface area contributed by atoms with E-state index in [0.29, 0.717) is 18.2 Å². The van der Waals surface area contributed by atoms with Gasteiger partial charge in [-0.3, -0.25) is 4.79 Å². The van der Waals surface area contributed by atoms with E-state index in [4.69, 9.17) is 0 Å². The smallest absolute Gasteiger partial charge is 0.254 e. The minimum absolute atomic E-state index is 0.117. The Balaban J connectivity index is 2.47. The van der Waals surface area contributed by atoms with Gasteiger partial charge in [0.05, 0.1) is 5.56 Å². The normalized spacial score (nSPS) is 12.5. The highest BCUT2D eigenvalue weighted by atomic mass is 16.1. The van der Waals surface area contributed by atoms with E-state index >= 15 is 0 Å². The second kappa shape index (κ2) is 6.96. The van der Waals surface area contributed by atoms with Crippen molar-refractivity contribution in [3.05, 3.63) is 24.3 Å². The van der Waals surface area contributed by atoms with Gasteiger partial charge in [0.25, 0.3) is 5.91 Å². The summed E-state index contributed by atoms with van der Waals surface area (Å²) in [5.74, 6) is -0.117. The van der Waals surface area contributed by atoms with Gasteiger partial charge >= 0.3 is 0 Å². The highest BCUT2D eigenvalue weighted by molar-refractivity contribution is 5.93. The van der Waals surface area contributed by atoms with Gasteiger partial charge in [-0.15, -0.1) is 0 Å². The summed E-state index contributed by atoms with van der Waals surface area (Å²) in [6.07, 6.45) is 6.63. The number of aromatic nitrogens is 2. The Kier molecular flexibility index (Phi) is 5.56. The summed E-state index contributed by atoms with van der Waals surface area (Å²) in [4.78, 5) is 21.5. The SMILES string of the molecule is CCC[C@@H](CNC(=O)c1cncnc1)N(C)C. The van der Waals surface area contributed by atoms with Crippen molar-refractivity contribution in [2.24, 2.45) is 0 Å². The van der Waals surface area contributed by atoms with E-state index < -0.39 is 0 Å². The van der Waals surface area contributed by atoms with Gasteiger partial charge in [0.2, 0.25) is 0 Å².